The van der Waals surface area contributed by atoms with Crippen molar-refractivity contribution in [2.75, 3.05) is 13.1 Å². The smallest absolute Gasteiger partial charge is 0.305 e. The highest BCUT2D eigenvalue weighted by Crippen LogP contribution is 2.14. The maximum absolute atomic E-state index is 11.7. The monoisotopic (exact) mass is 327 g/mol. The number of hydrogen-bond acceptors (Lipinski definition) is 4. The third kappa shape index (κ3) is 3.84. The Morgan fingerprint density at radius 1 is 1.47 bits per heavy atom. The summed E-state index contributed by atoms with van der Waals surface area (Å²) in [5.41, 5.74) is 6.62. The van der Waals surface area contributed by atoms with E-state index in [4.69, 9.17) is 4.42 Å². The minimum Gasteiger partial charge on any atom is -0.444 e. The summed E-state index contributed by atoms with van der Waals surface area (Å²) >= 11 is 3.16. The molecule has 1 aromatic heterocycles. The first kappa shape index (κ1) is 14.1. The molecule has 0 aromatic carbocycles. The van der Waals surface area contributed by atoms with Crippen molar-refractivity contribution >= 4 is 21.8 Å². The van der Waals surface area contributed by atoms with E-state index in [0.717, 1.165) is 25.2 Å². The predicted octanol–water partition coefficient (Wildman–Crippen LogP) is 2.27. The molecule has 2 N–H and O–H groups in total. The van der Waals surface area contributed by atoms with E-state index >= 15 is 0 Å². The molecule has 0 bridgehead atoms. The highest BCUT2D eigenvalue weighted by atomic mass is 79.9. The van der Waals surface area contributed by atoms with Crippen molar-refractivity contribution in [1.29, 1.82) is 0 Å². The van der Waals surface area contributed by atoms with Gasteiger partial charge in [-0.05, 0) is 48.0 Å². The van der Waals surface area contributed by atoms with Crippen LogP contribution < -0.4 is 10.9 Å². The number of amides is 1. The molecule has 0 spiro atoms. The Bertz CT molecular complexity index is 482. The molecule has 0 saturated carbocycles. The molecule has 1 aromatic rings. The van der Waals surface area contributed by atoms with Crippen molar-refractivity contribution in [1.82, 2.24) is 15.8 Å². The number of halogens is 1. The molecule has 0 atom stereocenters. The Kier molecular flexibility index (Phi) is 4.66. The standard InChI is InChI=1S/C13H18BrN3O2/c1-9(2)17-7-5-10(6-8-17)15-16-13(18)11-3-4-12(14)19-11/h3-5,9,15H,6-8H2,1-2H3,(H,16,18). The van der Waals surface area contributed by atoms with Gasteiger partial charge in [-0.2, -0.15) is 0 Å². The van der Waals surface area contributed by atoms with Crippen molar-refractivity contribution in [2.45, 2.75) is 26.3 Å². The van der Waals surface area contributed by atoms with Gasteiger partial charge >= 0.3 is 5.91 Å². The van der Waals surface area contributed by atoms with Gasteiger partial charge in [0.15, 0.2) is 10.4 Å². The highest BCUT2D eigenvalue weighted by molar-refractivity contribution is 9.10. The van der Waals surface area contributed by atoms with Crippen LogP contribution in [0, 0.1) is 0 Å². The van der Waals surface area contributed by atoms with Crippen LogP contribution in [0.4, 0.5) is 0 Å². The van der Waals surface area contributed by atoms with Gasteiger partial charge in [-0.15, -0.1) is 0 Å². The van der Waals surface area contributed by atoms with Crippen molar-refractivity contribution in [3.63, 3.8) is 0 Å². The lowest BCUT2D eigenvalue weighted by atomic mass is 10.2. The lowest BCUT2D eigenvalue weighted by Gasteiger charge is -2.29. The van der Waals surface area contributed by atoms with Crippen LogP contribution in [-0.2, 0) is 0 Å². The lowest BCUT2D eigenvalue weighted by molar-refractivity contribution is 0.0907. The summed E-state index contributed by atoms with van der Waals surface area (Å²) in [4.78, 5) is 14.1. The molecule has 2 heterocycles. The zero-order valence-corrected chi connectivity index (χ0v) is 12.7. The van der Waals surface area contributed by atoms with E-state index in [2.05, 4.69) is 51.6 Å². The van der Waals surface area contributed by atoms with Crippen molar-refractivity contribution in [3.8, 4) is 0 Å². The van der Waals surface area contributed by atoms with Gasteiger partial charge in [0.05, 0.1) is 0 Å². The molecule has 1 amide bonds. The molecule has 6 heteroatoms. The van der Waals surface area contributed by atoms with E-state index in [1.807, 2.05) is 0 Å². The minimum atomic E-state index is -0.280. The molecular formula is C13H18BrN3O2. The Labute approximate surface area is 121 Å². The minimum absolute atomic E-state index is 0.277. The Balaban J connectivity index is 1.82. The topological polar surface area (TPSA) is 57.5 Å². The average Bonchev–Trinajstić information content (AvgIpc) is 2.83. The first-order valence-electron chi connectivity index (χ1n) is 6.31. The summed E-state index contributed by atoms with van der Waals surface area (Å²) in [6, 6.07) is 3.86. The van der Waals surface area contributed by atoms with Gasteiger partial charge in [-0.25, -0.2) is 0 Å². The molecule has 1 aliphatic heterocycles. The fourth-order valence-corrected chi connectivity index (χ4v) is 2.21. The normalized spacial score (nSPS) is 16.3. The van der Waals surface area contributed by atoms with Crippen LogP contribution in [0.2, 0.25) is 0 Å². The summed E-state index contributed by atoms with van der Waals surface area (Å²) < 4.78 is 5.71. The van der Waals surface area contributed by atoms with Gasteiger partial charge in [0, 0.05) is 31.2 Å². The van der Waals surface area contributed by atoms with Crippen LogP contribution in [0.3, 0.4) is 0 Å². The molecule has 0 aliphatic carbocycles. The third-order valence-corrected chi connectivity index (χ3v) is 3.53. The van der Waals surface area contributed by atoms with E-state index in [1.54, 1.807) is 12.1 Å². The number of hydrogen-bond donors (Lipinski definition) is 2. The number of carbonyl (C=O) groups is 1. The Hall–Kier alpha value is -1.27. The average molecular weight is 328 g/mol. The number of furan rings is 1. The zero-order chi connectivity index (χ0) is 13.8. The fourth-order valence-electron chi connectivity index (χ4n) is 1.90. The van der Waals surface area contributed by atoms with Gasteiger partial charge < -0.3 is 9.84 Å². The summed E-state index contributed by atoms with van der Waals surface area (Å²) in [6.45, 7) is 6.27. The number of nitrogens with one attached hydrogen (secondary N) is 2. The zero-order valence-electron chi connectivity index (χ0n) is 11.1. The van der Waals surface area contributed by atoms with Crippen LogP contribution in [0.1, 0.15) is 30.8 Å². The molecule has 0 fully saturated rings. The maximum atomic E-state index is 11.7. The van der Waals surface area contributed by atoms with Gasteiger partial charge in [-0.1, -0.05) is 0 Å². The molecule has 5 nitrogen and oxygen atoms in total. The van der Waals surface area contributed by atoms with E-state index in [1.165, 1.54) is 0 Å². The highest BCUT2D eigenvalue weighted by Gasteiger charge is 2.15. The Morgan fingerprint density at radius 2 is 2.26 bits per heavy atom. The van der Waals surface area contributed by atoms with E-state index in [-0.39, 0.29) is 11.7 Å². The molecule has 0 saturated heterocycles. The SMILES string of the molecule is CC(C)N1CC=C(NNC(=O)c2ccc(Br)o2)CC1. The second-order valence-corrected chi connectivity index (χ2v) is 5.53. The Morgan fingerprint density at radius 3 is 2.79 bits per heavy atom. The quantitative estimate of drug-likeness (QED) is 0.833. The second-order valence-electron chi connectivity index (χ2n) is 4.75. The fraction of sp³-hybridized carbons (Fsp3) is 0.462. The number of rotatable bonds is 4. The third-order valence-electron chi connectivity index (χ3n) is 3.10. The van der Waals surface area contributed by atoms with Crippen LogP contribution in [-0.4, -0.2) is 29.9 Å². The van der Waals surface area contributed by atoms with Crippen molar-refractivity contribution in [3.05, 3.63) is 34.3 Å². The van der Waals surface area contributed by atoms with Crippen molar-refractivity contribution in [2.24, 2.45) is 0 Å². The van der Waals surface area contributed by atoms with E-state index < -0.39 is 0 Å². The summed E-state index contributed by atoms with van der Waals surface area (Å²) in [5, 5.41) is 0. The van der Waals surface area contributed by atoms with Crippen molar-refractivity contribution < 1.29 is 9.21 Å². The van der Waals surface area contributed by atoms with Gasteiger partial charge in [0.1, 0.15) is 0 Å². The molecule has 0 unspecified atom stereocenters. The predicted molar refractivity (Wildman–Crippen MR) is 76.4 cm³/mol. The number of hydrazine groups is 1. The molecular weight excluding hydrogens is 310 g/mol. The molecule has 2 rings (SSSR count). The van der Waals surface area contributed by atoms with Crippen LogP contribution >= 0.6 is 15.9 Å². The van der Waals surface area contributed by atoms with Gasteiger partial charge in [0.25, 0.3) is 0 Å². The molecule has 19 heavy (non-hydrogen) atoms. The van der Waals surface area contributed by atoms with Crippen LogP contribution in [0.5, 0.6) is 0 Å². The van der Waals surface area contributed by atoms with E-state index in [9.17, 15) is 4.79 Å². The van der Waals surface area contributed by atoms with Crippen LogP contribution in [0.15, 0.2) is 33.0 Å². The lowest BCUT2D eigenvalue weighted by Crippen LogP contribution is -2.41. The first-order valence-corrected chi connectivity index (χ1v) is 7.10. The van der Waals surface area contributed by atoms with Gasteiger partial charge in [0.2, 0.25) is 0 Å². The summed E-state index contributed by atoms with van der Waals surface area (Å²) in [5.74, 6) is -0.00233. The number of nitrogens with zero attached hydrogens (tertiary/aromatic N) is 1. The summed E-state index contributed by atoms with van der Waals surface area (Å²) in [7, 11) is 0. The number of carbonyl (C=O) groups excluding carboxylic acids is 1. The second kappa shape index (κ2) is 6.25. The van der Waals surface area contributed by atoms with Gasteiger partial charge in [-0.3, -0.25) is 15.1 Å². The van der Waals surface area contributed by atoms with Crippen LogP contribution in [0.25, 0.3) is 0 Å². The summed E-state index contributed by atoms with van der Waals surface area (Å²) in [6.07, 6.45) is 3.00. The van der Waals surface area contributed by atoms with E-state index in [0.29, 0.717) is 10.7 Å². The molecule has 1 aliphatic rings. The largest absolute Gasteiger partial charge is 0.444 e. The first-order chi connectivity index (χ1) is 9.06. The molecule has 104 valence electrons. The molecule has 0 radical (unpaired) electrons. The maximum Gasteiger partial charge on any atom is 0.305 e.